The molecule has 2 aromatic rings. The number of piperidine rings is 1. The molecule has 1 aromatic heterocycles. The van der Waals surface area contributed by atoms with E-state index in [1.54, 1.807) is 12.1 Å². The quantitative estimate of drug-likeness (QED) is 0.701. The van der Waals surface area contributed by atoms with Crippen LogP contribution in [0.1, 0.15) is 64.3 Å². The molecule has 4 rings (SSSR count). The maximum atomic E-state index is 12.8. The van der Waals surface area contributed by atoms with E-state index >= 15 is 0 Å². The second-order valence-corrected chi connectivity index (χ2v) is 9.61. The Morgan fingerprint density at radius 1 is 1.12 bits per heavy atom. The molecule has 32 heavy (non-hydrogen) atoms. The fraction of sp³-hybridized carbons (Fsp3) is 0.583. The van der Waals surface area contributed by atoms with Crippen molar-refractivity contribution in [1.82, 2.24) is 20.0 Å². The fourth-order valence-corrected chi connectivity index (χ4v) is 4.68. The molecule has 0 unspecified atom stereocenters. The molecule has 0 aliphatic carbocycles. The molecule has 1 aromatic carbocycles. The SMILES string of the molecule is CC(C)(C)OC(=O)N1CCC[C@@H]1[C@@H]1CCCCN1Cc1nnc(-c2ccc(C#N)cc2)o1. The average Bonchev–Trinajstić information content (AvgIpc) is 3.43. The van der Waals surface area contributed by atoms with Gasteiger partial charge in [-0.05, 0) is 77.3 Å². The summed E-state index contributed by atoms with van der Waals surface area (Å²) < 4.78 is 11.6. The van der Waals surface area contributed by atoms with E-state index in [0.717, 1.165) is 50.8 Å². The average molecular weight is 438 g/mol. The van der Waals surface area contributed by atoms with Gasteiger partial charge in [0, 0.05) is 18.2 Å². The summed E-state index contributed by atoms with van der Waals surface area (Å²) in [4.78, 5) is 17.1. The number of benzene rings is 1. The maximum Gasteiger partial charge on any atom is 0.410 e. The number of likely N-dealkylation sites (tertiary alicyclic amines) is 2. The molecule has 170 valence electrons. The minimum Gasteiger partial charge on any atom is -0.444 e. The highest BCUT2D eigenvalue weighted by atomic mass is 16.6. The van der Waals surface area contributed by atoms with Crippen LogP contribution >= 0.6 is 0 Å². The summed E-state index contributed by atoms with van der Waals surface area (Å²) in [5.41, 5.74) is 0.891. The van der Waals surface area contributed by atoms with Gasteiger partial charge in [0.25, 0.3) is 0 Å². The van der Waals surface area contributed by atoms with E-state index < -0.39 is 5.60 Å². The molecule has 2 saturated heterocycles. The van der Waals surface area contributed by atoms with E-state index in [9.17, 15) is 4.79 Å². The third-order valence-electron chi connectivity index (χ3n) is 6.10. The molecule has 3 heterocycles. The highest BCUT2D eigenvalue weighted by molar-refractivity contribution is 5.69. The van der Waals surface area contributed by atoms with Crippen LogP contribution in [-0.2, 0) is 11.3 Å². The Bertz CT molecular complexity index is 973. The van der Waals surface area contributed by atoms with Crippen molar-refractivity contribution in [2.45, 2.75) is 77.1 Å². The number of carbonyl (C=O) groups excluding carboxylic acids is 1. The van der Waals surface area contributed by atoms with E-state index in [-0.39, 0.29) is 18.2 Å². The van der Waals surface area contributed by atoms with Gasteiger partial charge in [0.05, 0.1) is 24.2 Å². The van der Waals surface area contributed by atoms with Gasteiger partial charge in [-0.3, -0.25) is 4.90 Å². The van der Waals surface area contributed by atoms with Crippen molar-refractivity contribution in [1.29, 1.82) is 5.26 Å². The highest BCUT2D eigenvalue weighted by Crippen LogP contribution is 2.31. The second-order valence-electron chi connectivity index (χ2n) is 9.61. The lowest BCUT2D eigenvalue weighted by molar-refractivity contribution is 0.00540. The number of nitriles is 1. The van der Waals surface area contributed by atoms with Gasteiger partial charge in [-0.15, -0.1) is 10.2 Å². The molecule has 1 amide bonds. The second kappa shape index (κ2) is 9.29. The van der Waals surface area contributed by atoms with Crippen LogP contribution in [-0.4, -0.2) is 56.9 Å². The topological polar surface area (TPSA) is 95.5 Å². The van der Waals surface area contributed by atoms with Gasteiger partial charge in [-0.25, -0.2) is 4.79 Å². The van der Waals surface area contributed by atoms with Crippen LogP contribution in [0.4, 0.5) is 4.79 Å². The molecule has 0 N–H and O–H groups in total. The molecule has 8 nitrogen and oxygen atoms in total. The summed E-state index contributed by atoms with van der Waals surface area (Å²) in [6, 6.07) is 9.62. The van der Waals surface area contributed by atoms with Crippen LogP contribution in [0.15, 0.2) is 28.7 Å². The zero-order valence-electron chi connectivity index (χ0n) is 19.1. The number of ether oxygens (including phenoxy) is 1. The molecule has 8 heteroatoms. The van der Waals surface area contributed by atoms with E-state index in [2.05, 4.69) is 21.2 Å². The minimum absolute atomic E-state index is 0.145. The maximum absolute atomic E-state index is 12.8. The van der Waals surface area contributed by atoms with Crippen molar-refractivity contribution in [2.75, 3.05) is 13.1 Å². The highest BCUT2D eigenvalue weighted by Gasteiger charge is 2.40. The Balaban J connectivity index is 1.46. The molecule has 0 radical (unpaired) electrons. The van der Waals surface area contributed by atoms with E-state index in [1.807, 2.05) is 37.8 Å². The summed E-state index contributed by atoms with van der Waals surface area (Å²) in [6.07, 6.45) is 5.08. The third-order valence-corrected chi connectivity index (χ3v) is 6.10. The van der Waals surface area contributed by atoms with E-state index in [1.165, 1.54) is 0 Å². The number of rotatable bonds is 4. The summed E-state index contributed by atoms with van der Waals surface area (Å²) in [7, 11) is 0. The van der Waals surface area contributed by atoms with Crippen LogP contribution in [0.5, 0.6) is 0 Å². The normalized spacial score (nSPS) is 22.0. The molecule has 0 spiro atoms. The van der Waals surface area contributed by atoms with Crippen molar-refractivity contribution in [3.8, 4) is 17.5 Å². The van der Waals surface area contributed by atoms with Crippen molar-refractivity contribution in [3.05, 3.63) is 35.7 Å². The van der Waals surface area contributed by atoms with Gasteiger partial charge >= 0.3 is 6.09 Å². The minimum atomic E-state index is -0.498. The number of hydrogen-bond donors (Lipinski definition) is 0. The summed E-state index contributed by atoms with van der Waals surface area (Å²) in [6.45, 7) is 7.97. The number of carbonyl (C=O) groups is 1. The van der Waals surface area contributed by atoms with Crippen LogP contribution in [0, 0.1) is 11.3 Å². The molecular formula is C24H31N5O3. The number of aromatic nitrogens is 2. The smallest absolute Gasteiger partial charge is 0.410 e. The summed E-state index contributed by atoms with van der Waals surface area (Å²) in [5.74, 6) is 1.02. The lowest BCUT2D eigenvalue weighted by Crippen LogP contribution is -2.53. The van der Waals surface area contributed by atoms with Crippen molar-refractivity contribution in [3.63, 3.8) is 0 Å². The van der Waals surface area contributed by atoms with Gasteiger partial charge in [0.1, 0.15) is 5.60 Å². The van der Waals surface area contributed by atoms with E-state index in [4.69, 9.17) is 14.4 Å². The zero-order chi connectivity index (χ0) is 22.7. The predicted octanol–water partition coefficient (Wildman–Crippen LogP) is 4.36. The lowest BCUT2D eigenvalue weighted by Gasteiger charge is -2.41. The van der Waals surface area contributed by atoms with Crippen molar-refractivity contribution >= 4 is 6.09 Å². The first-order chi connectivity index (χ1) is 15.3. The first-order valence-electron chi connectivity index (χ1n) is 11.4. The first-order valence-corrected chi connectivity index (χ1v) is 11.4. The fourth-order valence-electron chi connectivity index (χ4n) is 4.68. The number of hydrogen-bond acceptors (Lipinski definition) is 7. The van der Waals surface area contributed by atoms with Crippen LogP contribution in [0.25, 0.3) is 11.5 Å². The molecule has 2 atom stereocenters. The summed E-state index contributed by atoms with van der Waals surface area (Å²) in [5, 5.41) is 17.4. The Kier molecular flexibility index (Phi) is 6.47. The predicted molar refractivity (Wildman–Crippen MR) is 118 cm³/mol. The molecule has 0 saturated carbocycles. The van der Waals surface area contributed by atoms with Crippen molar-refractivity contribution < 1.29 is 13.9 Å². The van der Waals surface area contributed by atoms with Gasteiger partial charge in [0.2, 0.25) is 11.8 Å². The lowest BCUT2D eigenvalue weighted by atomic mass is 9.94. The number of nitrogens with zero attached hydrogens (tertiary/aromatic N) is 5. The van der Waals surface area contributed by atoms with Crippen LogP contribution < -0.4 is 0 Å². The zero-order valence-corrected chi connectivity index (χ0v) is 19.1. The molecule has 2 fully saturated rings. The Morgan fingerprint density at radius 3 is 2.59 bits per heavy atom. The van der Waals surface area contributed by atoms with Gasteiger partial charge in [-0.2, -0.15) is 5.26 Å². The Labute approximate surface area is 189 Å². The Morgan fingerprint density at radius 2 is 1.88 bits per heavy atom. The van der Waals surface area contributed by atoms with Gasteiger partial charge in [-0.1, -0.05) is 6.42 Å². The summed E-state index contributed by atoms with van der Waals surface area (Å²) >= 11 is 0. The largest absolute Gasteiger partial charge is 0.444 e. The van der Waals surface area contributed by atoms with Gasteiger partial charge < -0.3 is 14.1 Å². The molecule has 0 bridgehead atoms. The van der Waals surface area contributed by atoms with Crippen molar-refractivity contribution in [2.24, 2.45) is 0 Å². The molecular weight excluding hydrogens is 406 g/mol. The first kappa shape index (κ1) is 22.3. The standard InChI is InChI=1S/C24H31N5O3/c1-24(2,3)32-23(30)29-14-6-8-20(29)19-7-4-5-13-28(19)16-21-26-27-22(31-21)18-11-9-17(15-25)10-12-18/h9-12,19-20H,4-8,13-14,16H2,1-3H3/t19-,20+/m0/s1. The third kappa shape index (κ3) is 5.10. The van der Waals surface area contributed by atoms with E-state index in [0.29, 0.717) is 23.9 Å². The monoisotopic (exact) mass is 437 g/mol. The molecule has 2 aliphatic heterocycles. The van der Waals surface area contributed by atoms with Crippen LogP contribution in [0.3, 0.4) is 0 Å². The van der Waals surface area contributed by atoms with Crippen LogP contribution in [0.2, 0.25) is 0 Å². The van der Waals surface area contributed by atoms with Gasteiger partial charge in [0.15, 0.2) is 0 Å². The number of amides is 1. The molecule has 2 aliphatic rings. The Hall–Kier alpha value is -2.92.